The van der Waals surface area contributed by atoms with Crippen LogP contribution in [0.3, 0.4) is 0 Å². The lowest BCUT2D eigenvalue weighted by Gasteiger charge is -2.27. The van der Waals surface area contributed by atoms with Gasteiger partial charge in [-0.2, -0.15) is 0 Å². The van der Waals surface area contributed by atoms with E-state index in [1.54, 1.807) is 12.1 Å². The number of carbonyl (C=O) groups excluding carboxylic acids is 1. The lowest BCUT2D eigenvalue weighted by Crippen LogP contribution is -2.46. The quantitative estimate of drug-likeness (QED) is 0.865. The summed E-state index contributed by atoms with van der Waals surface area (Å²) in [5.41, 5.74) is 0.489. The number of urea groups is 1. The van der Waals surface area contributed by atoms with Crippen LogP contribution in [0.15, 0.2) is 18.2 Å². The lowest BCUT2D eigenvalue weighted by atomic mass is 10.1. The summed E-state index contributed by atoms with van der Waals surface area (Å²) in [5, 5.41) is 12.7. The van der Waals surface area contributed by atoms with E-state index in [0.717, 1.165) is 19.3 Å². The Morgan fingerprint density at radius 3 is 2.62 bits per heavy atom. The predicted molar refractivity (Wildman–Crippen MR) is 82.1 cm³/mol. The number of halogens is 2. The van der Waals surface area contributed by atoms with E-state index in [9.17, 15) is 14.7 Å². The fourth-order valence-corrected chi connectivity index (χ4v) is 2.68. The van der Waals surface area contributed by atoms with Gasteiger partial charge in [0.05, 0.1) is 10.0 Å². The standard InChI is InChI=1S/C14H16Cl2N2O3/c15-10-6-5-9(8-11(10)16)17-14(21)18-7-3-1-2-4-12(18)13(19)20/h5-6,8,12H,1-4,7H2,(H,17,21)(H,19,20). The van der Waals surface area contributed by atoms with Gasteiger partial charge in [0.2, 0.25) is 0 Å². The Kier molecular flexibility index (Phi) is 5.31. The molecule has 1 atom stereocenters. The summed E-state index contributed by atoms with van der Waals surface area (Å²) in [6, 6.07) is 3.53. The number of carbonyl (C=O) groups is 2. The molecular weight excluding hydrogens is 315 g/mol. The molecule has 1 unspecified atom stereocenters. The van der Waals surface area contributed by atoms with Crippen LogP contribution in [-0.2, 0) is 4.79 Å². The maximum Gasteiger partial charge on any atom is 0.326 e. The lowest BCUT2D eigenvalue weighted by molar-refractivity contribution is -0.142. The van der Waals surface area contributed by atoms with Crippen molar-refractivity contribution in [2.75, 3.05) is 11.9 Å². The van der Waals surface area contributed by atoms with Crippen molar-refractivity contribution >= 4 is 40.9 Å². The Labute approximate surface area is 132 Å². The van der Waals surface area contributed by atoms with Crippen molar-refractivity contribution in [3.63, 3.8) is 0 Å². The average molecular weight is 331 g/mol. The van der Waals surface area contributed by atoms with E-state index in [-0.39, 0.29) is 0 Å². The van der Waals surface area contributed by atoms with Gasteiger partial charge < -0.3 is 15.3 Å². The highest BCUT2D eigenvalue weighted by Gasteiger charge is 2.30. The predicted octanol–water partition coefficient (Wildman–Crippen LogP) is 3.85. The van der Waals surface area contributed by atoms with Crippen molar-refractivity contribution in [1.82, 2.24) is 4.90 Å². The fraction of sp³-hybridized carbons (Fsp3) is 0.429. The molecule has 21 heavy (non-hydrogen) atoms. The average Bonchev–Trinajstić information content (AvgIpc) is 2.68. The molecule has 1 aliphatic rings. The van der Waals surface area contributed by atoms with E-state index in [4.69, 9.17) is 23.2 Å². The number of aliphatic carboxylic acids is 1. The molecule has 0 aromatic heterocycles. The molecule has 1 fully saturated rings. The summed E-state index contributed by atoms with van der Waals surface area (Å²) in [7, 11) is 0. The zero-order valence-corrected chi connectivity index (χ0v) is 12.8. The summed E-state index contributed by atoms with van der Waals surface area (Å²) < 4.78 is 0. The second kappa shape index (κ2) is 7.00. The molecule has 1 heterocycles. The Balaban J connectivity index is 2.12. The van der Waals surface area contributed by atoms with Crippen LogP contribution in [0, 0.1) is 0 Å². The van der Waals surface area contributed by atoms with Crippen LogP contribution in [0.1, 0.15) is 25.7 Å². The number of anilines is 1. The van der Waals surface area contributed by atoms with Crippen LogP contribution in [0.4, 0.5) is 10.5 Å². The minimum atomic E-state index is -0.971. The largest absolute Gasteiger partial charge is 0.480 e. The van der Waals surface area contributed by atoms with Crippen LogP contribution in [0.5, 0.6) is 0 Å². The van der Waals surface area contributed by atoms with Crippen LogP contribution < -0.4 is 5.32 Å². The van der Waals surface area contributed by atoms with Crippen molar-refractivity contribution in [2.24, 2.45) is 0 Å². The third-order valence-corrected chi connectivity index (χ3v) is 4.21. The van der Waals surface area contributed by atoms with Crippen LogP contribution in [-0.4, -0.2) is 34.6 Å². The van der Waals surface area contributed by atoms with E-state index in [0.29, 0.717) is 28.7 Å². The highest BCUT2D eigenvalue weighted by Crippen LogP contribution is 2.26. The molecule has 1 saturated heterocycles. The Hall–Kier alpha value is -1.46. The molecule has 1 aromatic carbocycles. The summed E-state index contributed by atoms with van der Waals surface area (Å²) in [6.45, 7) is 0.435. The summed E-state index contributed by atoms with van der Waals surface area (Å²) in [5.74, 6) is -0.971. The fourth-order valence-electron chi connectivity index (χ4n) is 2.38. The zero-order chi connectivity index (χ0) is 15.4. The van der Waals surface area contributed by atoms with Gasteiger partial charge in [0, 0.05) is 12.2 Å². The van der Waals surface area contributed by atoms with Crippen LogP contribution in [0.25, 0.3) is 0 Å². The molecule has 1 aliphatic heterocycles. The molecule has 7 heteroatoms. The van der Waals surface area contributed by atoms with Gasteiger partial charge in [-0.15, -0.1) is 0 Å². The van der Waals surface area contributed by atoms with Gasteiger partial charge in [0.15, 0.2) is 0 Å². The highest BCUT2D eigenvalue weighted by molar-refractivity contribution is 6.42. The normalized spacial score (nSPS) is 19.0. The smallest absolute Gasteiger partial charge is 0.326 e. The number of likely N-dealkylation sites (tertiary alicyclic amines) is 1. The molecule has 114 valence electrons. The van der Waals surface area contributed by atoms with Gasteiger partial charge in [-0.05, 0) is 31.0 Å². The molecule has 2 rings (SSSR count). The first-order valence-electron chi connectivity index (χ1n) is 6.74. The molecule has 0 spiro atoms. The van der Waals surface area contributed by atoms with Gasteiger partial charge in [0.25, 0.3) is 0 Å². The summed E-state index contributed by atoms with van der Waals surface area (Å²) in [6.07, 6.45) is 3.02. The molecule has 2 amide bonds. The molecule has 0 saturated carbocycles. The van der Waals surface area contributed by atoms with Gasteiger partial charge in [-0.25, -0.2) is 9.59 Å². The zero-order valence-electron chi connectivity index (χ0n) is 11.3. The topological polar surface area (TPSA) is 69.6 Å². The maximum absolute atomic E-state index is 12.3. The van der Waals surface area contributed by atoms with Crippen molar-refractivity contribution in [3.05, 3.63) is 28.2 Å². The number of nitrogens with one attached hydrogen (secondary N) is 1. The maximum atomic E-state index is 12.3. The van der Waals surface area contributed by atoms with Crippen molar-refractivity contribution in [1.29, 1.82) is 0 Å². The van der Waals surface area contributed by atoms with E-state index in [1.807, 2.05) is 0 Å². The van der Waals surface area contributed by atoms with Crippen molar-refractivity contribution in [2.45, 2.75) is 31.7 Å². The van der Waals surface area contributed by atoms with E-state index in [2.05, 4.69) is 5.32 Å². The van der Waals surface area contributed by atoms with Crippen LogP contribution >= 0.6 is 23.2 Å². The van der Waals surface area contributed by atoms with E-state index in [1.165, 1.54) is 11.0 Å². The number of amides is 2. The number of nitrogens with zero attached hydrogens (tertiary/aromatic N) is 1. The molecule has 0 aliphatic carbocycles. The van der Waals surface area contributed by atoms with Gasteiger partial charge in [-0.1, -0.05) is 36.0 Å². The monoisotopic (exact) mass is 330 g/mol. The molecule has 0 bridgehead atoms. The van der Waals surface area contributed by atoms with Gasteiger partial charge in [0.1, 0.15) is 6.04 Å². The van der Waals surface area contributed by atoms with Gasteiger partial charge in [-0.3, -0.25) is 0 Å². The Morgan fingerprint density at radius 2 is 1.95 bits per heavy atom. The second-order valence-electron chi connectivity index (χ2n) is 4.96. The van der Waals surface area contributed by atoms with Gasteiger partial charge >= 0.3 is 12.0 Å². The number of carboxylic acids is 1. The molecule has 0 radical (unpaired) electrons. The molecule has 2 N–H and O–H groups in total. The SMILES string of the molecule is O=C(O)C1CCCCCN1C(=O)Nc1ccc(Cl)c(Cl)c1. The Morgan fingerprint density at radius 1 is 1.19 bits per heavy atom. The van der Waals surface area contributed by atoms with Crippen molar-refractivity contribution < 1.29 is 14.7 Å². The molecular formula is C14H16Cl2N2O3. The number of hydrogen-bond donors (Lipinski definition) is 2. The van der Waals surface area contributed by atoms with Crippen LogP contribution in [0.2, 0.25) is 10.0 Å². The van der Waals surface area contributed by atoms with E-state index >= 15 is 0 Å². The second-order valence-corrected chi connectivity index (χ2v) is 5.77. The van der Waals surface area contributed by atoms with E-state index < -0.39 is 18.0 Å². The third-order valence-electron chi connectivity index (χ3n) is 3.47. The highest BCUT2D eigenvalue weighted by atomic mass is 35.5. The summed E-state index contributed by atoms with van der Waals surface area (Å²) >= 11 is 11.7. The number of carboxylic acid groups (broad SMARTS) is 1. The van der Waals surface area contributed by atoms with Crippen molar-refractivity contribution in [3.8, 4) is 0 Å². The molecule has 5 nitrogen and oxygen atoms in total. The summed E-state index contributed by atoms with van der Waals surface area (Å²) in [4.78, 5) is 25.0. The number of rotatable bonds is 2. The Bertz CT molecular complexity index is 551. The molecule has 1 aromatic rings. The first-order valence-corrected chi connectivity index (χ1v) is 7.50. The first kappa shape index (κ1) is 15.9. The minimum Gasteiger partial charge on any atom is -0.480 e. The number of benzene rings is 1. The first-order chi connectivity index (χ1) is 9.99. The number of hydrogen-bond acceptors (Lipinski definition) is 2. The third kappa shape index (κ3) is 4.02. The minimum absolute atomic E-state index is 0.333.